The maximum absolute atomic E-state index is 13.7. The molecule has 2 heterocycles. The lowest BCUT2D eigenvalue weighted by Gasteiger charge is -2.38. The number of amides is 2. The van der Waals surface area contributed by atoms with Gasteiger partial charge in [-0.1, -0.05) is 83.0 Å². The van der Waals surface area contributed by atoms with Crippen molar-refractivity contribution in [3.05, 3.63) is 56.7 Å². The minimum atomic E-state index is -0.131. The Balaban J connectivity index is 1.66. The van der Waals surface area contributed by atoms with Crippen LogP contribution in [0.2, 0.25) is 5.02 Å². The molecule has 1 aromatic heterocycles. The Labute approximate surface area is 220 Å². The minimum Gasteiger partial charge on any atom is -0.333 e. The summed E-state index contributed by atoms with van der Waals surface area (Å²) in [5.74, 6) is 0.449. The lowest BCUT2D eigenvalue weighted by molar-refractivity contribution is -0.142. The van der Waals surface area contributed by atoms with Crippen LogP contribution >= 0.6 is 22.9 Å². The first-order valence-electron chi connectivity index (χ1n) is 13.3. The number of carbonyl (C=O) groups is 2. The number of unbranched alkanes of at least 4 members (excludes halogenated alkanes) is 6. The van der Waals surface area contributed by atoms with Crippen molar-refractivity contribution in [1.82, 2.24) is 9.80 Å². The van der Waals surface area contributed by atoms with Crippen molar-refractivity contribution in [2.24, 2.45) is 5.92 Å². The van der Waals surface area contributed by atoms with E-state index in [4.69, 9.17) is 11.6 Å². The van der Waals surface area contributed by atoms with Gasteiger partial charge in [0.1, 0.15) is 0 Å². The number of carbonyl (C=O) groups excluding carboxylic acids is 2. The van der Waals surface area contributed by atoms with Gasteiger partial charge in [0, 0.05) is 29.4 Å². The molecule has 1 atom stereocenters. The number of nitrogens with zero attached hydrogens (tertiary/aromatic N) is 2. The average molecular weight is 517 g/mol. The first kappa shape index (κ1) is 27.7. The van der Waals surface area contributed by atoms with E-state index in [-0.39, 0.29) is 24.4 Å². The molecule has 0 aliphatic carbocycles. The topological polar surface area (TPSA) is 40.6 Å². The molecule has 1 unspecified atom stereocenters. The van der Waals surface area contributed by atoms with Crippen LogP contribution < -0.4 is 0 Å². The first-order chi connectivity index (χ1) is 16.9. The van der Waals surface area contributed by atoms with Crippen LogP contribution in [0.15, 0.2) is 35.7 Å². The summed E-state index contributed by atoms with van der Waals surface area (Å²) in [4.78, 5) is 31.9. The second-order valence-electron chi connectivity index (χ2n) is 10.1. The Morgan fingerprint density at radius 3 is 2.43 bits per heavy atom. The normalized spacial score (nSPS) is 15.3. The molecule has 2 aromatic rings. The van der Waals surface area contributed by atoms with Gasteiger partial charge < -0.3 is 9.80 Å². The molecule has 0 fully saturated rings. The molecule has 0 saturated heterocycles. The second kappa shape index (κ2) is 14.0. The quantitative estimate of drug-likeness (QED) is 0.258. The summed E-state index contributed by atoms with van der Waals surface area (Å²) in [6, 6.07) is 9.80. The van der Waals surface area contributed by atoms with Crippen LogP contribution in [0, 0.1) is 5.92 Å². The second-order valence-corrected chi connectivity index (χ2v) is 11.6. The Bertz CT molecular complexity index is 940. The van der Waals surface area contributed by atoms with Crippen molar-refractivity contribution < 1.29 is 9.59 Å². The third-order valence-corrected chi connectivity index (χ3v) is 7.98. The van der Waals surface area contributed by atoms with Gasteiger partial charge in [-0.2, -0.15) is 0 Å². The maximum atomic E-state index is 13.7. The Morgan fingerprint density at radius 2 is 1.74 bits per heavy atom. The molecule has 1 aromatic carbocycles. The summed E-state index contributed by atoms with van der Waals surface area (Å²) < 4.78 is 0. The highest BCUT2D eigenvalue weighted by atomic mass is 35.5. The molecule has 6 heteroatoms. The predicted octanol–water partition coefficient (Wildman–Crippen LogP) is 7.50. The molecule has 0 saturated carbocycles. The van der Waals surface area contributed by atoms with Gasteiger partial charge >= 0.3 is 0 Å². The van der Waals surface area contributed by atoms with Gasteiger partial charge in [0.05, 0.1) is 12.6 Å². The molecule has 192 valence electrons. The van der Waals surface area contributed by atoms with Gasteiger partial charge in [0.2, 0.25) is 11.8 Å². The van der Waals surface area contributed by atoms with Gasteiger partial charge in [0.15, 0.2) is 0 Å². The Kier molecular flexibility index (Phi) is 11.1. The van der Waals surface area contributed by atoms with Crippen molar-refractivity contribution in [3.8, 4) is 0 Å². The van der Waals surface area contributed by atoms with Crippen molar-refractivity contribution in [1.29, 1.82) is 0 Å². The van der Waals surface area contributed by atoms with E-state index in [2.05, 4.69) is 32.2 Å². The molecule has 1 aliphatic heterocycles. The zero-order valence-corrected chi connectivity index (χ0v) is 23.2. The largest absolute Gasteiger partial charge is 0.333 e. The SMILES string of the molecule is CCCCCCCCCC(=O)N(CC(=O)N1CCc2sccc2C1c1ccc(Cl)cc1)CC(C)C. The lowest BCUT2D eigenvalue weighted by atomic mass is 9.93. The highest BCUT2D eigenvalue weighted by Crippen LogP contribution is 2.38. The lowest BCUT2D eigenvalue weighted by Crippen LogP contribution is -2.47. The molecule has 2 amide bonds. The molecule has 0 N–H and O–H groups in total. The smallest absolute Gasteiger partial charge is 0.242 e. The summed E-state index contributed by atoms with van der Waals surface area (Å²) in [5, 5.41) is 2.80. The standard InChI is InChI=1S/C29H41ClN2O2S/c1-4-5-6-7-8-9-10-11-27(33)31(20-22(2)3)21-28(34)32-18-16-26-25(17-19-35-26)29(32)23-12-14-24(30)15-13-23/h12-15,17,19,22,29H,4-11,16,18,20-21H2,1-3H3. The summed E-state index contributed by atoms with van der Waals surface area (Å²) in [6.07, 6.45) is 9.66. The number of halogens is 1. The molecule has 0 radical (unpaired) electrons. The number of fused-ring (bicyclic) bond motifs is 1. The minimum absolute atomic E-state index is 0.0235. The van der Waals surface area contributed by atoms with Crippen LogP contribution in [0.4, 0.5) is 0 Å². The van der Waals surface area contributed by atoms with Crippen LogP contribution in [0.1, 0.15) is 94.2 Å². The summed E-state index contributed by atoms with van der Waals surface area (Å²) in [5.41, 5.74) is 2.26. The zero-order valence-electron chi connectivity index (χ0n) is 21.6. The zero-order chi connectivity index (χ0) is 25.2. The van der Waals surface area contributed by atoms with Crippen LogP contribution in [0.25, 0.3) is 0 Å². The van der Waals surface area contributed by atoms with Crippen LogP contribution in [0.3, 0.4) is 0 Å². The summed E-state index contributed by atoms with van der Waals surface area (Å²) in [7, 11) is 0. The molecule has 1 aliphatic rings. The average Bonchev–Trinajstić information content (AvgIpc) is 3.31. The van der Waals surface area contributed by atoms with E-state index in [1.165, 1.54) is 42.5 Å². The summed E-state index contributed by atoms with van der Waals surface area (Å²) >= 11 is 7.90. The van der Waals surface area contributed by atoms with E-state index in [0.717, 1.165) is 24.8 Å². The van der Waals surface area contributed by atoms with Crippen molar-refractivity contribution in [3.63, 3.8) is 0 Å². The van der Waals surface area contributed by atoms with Gasteiger partial charge in [-0.25, -0.2) is 0 Å². The van der Waals surface area contributed by atoms with E-state index in [1.807, 2.05) is 29.2 Å². The van der Waals surface area contributed by atoms with Crippen molar-refractivity contribution in [2.75, 3.05) is 19.6 Å². The molecule has 0 bridgehead atoms. The molecular formula is C29H41ClN2O2S. The van der Waals surface area contributed by atoms with Crippen molar-refractivity contribution in [2.45, 2.75) is 84.6 Å². The van der Waals surface area contributed by atoms with Gasteiger partial charge in [-0.05, 0) is 53.5 Å². The van der Waals surface area contributed by atoms with Crippen LogP contribution in [0.5, 0.6) is 0 Å². The van der Waals surface area contributed by atoms with E-state index in [9.17, 15) is 9.59 Å². The number of benzene rings is 1. The van der Waals surface area contributed by atoms with E-state index < -0.39 is 0 Å². The molecule has 3 rings (SSSR count). The van der Waals surface area contributed by atoms with Crippen LogP contribution in [-0.2, 0) is 16.0 Å². The van der Waals surface area contributed by atoms with Gasteiger partial charge in [0.25, 0.3) is 0 Å². The number of thiophene rings is 1. The molecule has 0 spiro atoms. The first-order valence-corrected chi connectivity index (χ1v) is 14.6. The molecule has 4 nitrogen and oxygen atoms in total. The summed E-state index contributed by atoms with van der Waals surface area (Å²) in [6.45, 7) is 7.87. The number of hydrogen-bond acceptors (Lipinski definition) is 3. The molecular weight excluding hydrogens is 476 g/mol. The van der Waals surface area contributed by atoms with E-state index in [1.54, 1.807) is 16.2 Å². The van der Waals surface area contributed by atoms with Crippen molar-refractivity contribution >= 4 is 34.8 Å². The monoisotopic (exact) mass is 516 g/mol. The fraction of sp³-hybridized carbons (Fsp3) is 0.586. The Hall–Kier alpha value is -1.85. The highest BCUT2D eigenvalue weighted by molar-refractivity contribution is 7.10. The number of hydrogen-bond donors (Lipinski definition) is 0. The van der Waals surface area contributed by atoms with E-state index in [0.29, 0.717) is 30.5 Å². The highest BCUT2D eigenvalue weighted by Gasteiger charge is 2.34. The van der Waals surface area contributed by atoms with E-state index >= 15 is 0 Å². The third kappa shape index (κ3) is 8.08. The van der Waals surface area contributed by atoms with Gasteiger partial charge in [-0.3, -0.25) is 9.59 Å². The number of rotatable bonds is 13. The maximum Gasteiger partial charge on any atom is 0.242 e. The van der Waals surface area contributed by atoms with Gasteiger partial charge in [-0.15, -0.1) is 11.3 Å². The molecule has 35 heavy (non-hydrogen) atoms. The predicted molar refractivity (Wildman–Crippen MR) is 147 cm³/mol. The third-order valence-electron chi connectivity index (χ3n) is 6.73. The fourth-order valence-electron chi connectivity index (χ4n) is 4.93. The Morgan fingerprint density at radius 1 is 1.06 bits per heavy atom. The van der Waals surface area contributed by atoms with Crippen LogP contribution in [-0.4, -0.2) is 41.2 Å². The fourth-order valence-corrected chi connectivity index (χ4v) is 5.96.